The summed E-state index contributed by atoms with van der Waals surface area (Å²) in [6.45, 7) is 1.90. The summed E-state index contributed by atoms with van der Waals surface area (Å²) in [6, 6.07) is 5.58. The molecule has 92 valence electrons. The molecule has 2 N–H and O–H groups in total. The first-order valence-electron chi connectivity index (χ1n) is 5.20. The zero-order valence-electron chi connectivity index (χ0n) is 9.54. The monoisotopic (exact) mass is 289 g/mol. The molecule has 0 saturated carbocycles. The Hall–Kier alpha value is -0.320. The number of ether oxygens (including phenoxy) is 1. The molecule has 1 heterocycles. The van der Waals surface area contributed by atoms with E-state index in [2.05, 4.69) is 0 Å². The van der Waals surface area contributed by atoms with Crippen molar-refractivity contribution >= 4 is 44.6 Å². The smallest absolute Gasteiger partial charge is 0.108 e. The summed E-state index contributed by atoms with van der Waals surface area (Å²) >= 11 is 13.9. The molecule has 0 spiro atoms. The summed E-state index contributed by atoms with van der Waals surface area (Å²) in [6.07, 6.45) is -0.182. The molecule has 0 radical (unpaired) electrons. The van der Waals surface area contributed by atoms with E-state index in [1.165, 1.54) is 0 Å². The summed E-state index contributed by atoms with van der Waals surface area (Å²) in [7, 11) is 1.64. The van der Waals surface area contributed by atoms with Crippen molar-refractivity contribution < 1.29 is 4.74 Å². The molecule has 5 heteroatoms. The number of nitrogens with two attached hydrogens (primary N) is 1. The molecule has 0 saturated heterocycles. The van der Waals surface area contributed by atoms with Crippen LogP contribution in [0, 0.1) is 0 Å². The topological polar surface area (TPSA) is 35.2 Å². The predicted octanol–water partition coefficient (Wildman–Crippen LogP) is 4.24. The molecular formula is C12H13Cl2NOS. The summed E-state index contributed by atoms with van der Waals surface area (Å²) in [5.41, 5.74) is 5.90. The number of hydrogen-bond donors (Lipinski definition) is 1. The van der Waals surface area contributed by atoms with Crippen molar-refractivity contribution in [3.63, 3.8) is 0 Å². The third-order valence-corrected chi connectivity index (χ3v) is 4.59. The Morgan fingerprint density at radius 3 is 2.65 bits per heavy atom. The standard InChI is InChI=1S/C12H13Cl2NOS/c1-6(15)11(16-2)12-10(14)8-5-7(13)3-4-9(8)17-12/h3-6,11H,15H2,1-2H3. The summed E-state index contributed by atoms with van der Waals surface area (Å²) in [4.78, 5) is 0.960. The molecule has 2 rings (SSSR count). The molecule has 0 aliphatic rings. The molecule has 2 atom stereocenters. The largest absolute Gasteiger partial charge is 0.374 e. The minimum absolute atomic E-state index is 0.110. The Balaban J connectivity index is 2.59. The lowest BCUT2D eigenvalue weighted by Crippen LogP contribution is -2.25. The molecule has 0 bridgehead atoms. The van der Waals surface area contributed by atoms with Crippen LogP contribution in [0.1, 0.15) is 17.9 Å². The van der Waals surface area contributed by atoms with Gasteiger partial charge < -0.3 is 10.5 Å². The van der Waals surface area contributed by atoms with Crippen molar-refractivity contribution in [2.45, 2.75) is 19.1 Å². The van der Waals surface area contributed by atoms with Gasteiger partial charge in [-0.3, -0.25) is 0 Å². The Morgan fingerprint density at radius 1 is 1.35 bits per heavy atom. The van der Waals surface area contributed by atoms with Crippen molar-refractivity contribution in [3.05, 3.63) is 33.1 Å². The van der Waals surface area contributed by atoms with Crippen molar-refractivity contribution in [1.82, 2.24) is 0 Å². The van der Waals surface area contributed by atoms with Crippen LogP contribution in [0.2, 0.25) is 10.0 Å². The van der Waals surface area contributed by atoms with Crippen molar-refractivity contribution in [2.75, 3.05) is 7.11 Å². The first-order valence-corrected chi connectivity index (χ1v) is 6.77. The third-order valence-electron chi connectivity index (χ3n) is 2.60. The third kappa shape index (κ3) is 2.44. The van der Waals surface area contributed by atoms with Crippen LogP contribution in [0.5, 0.6) is 0 Å². The highest BCUT2D eigenvalue weighted by molar-refractivity contribution is 7.19. The Morgan fingerprint density at radius 2 is 2.06 bits per heavy atom. The minimum Gasteiger partial charge on any atom is -0.374 e. The van der Waals surface area contributed by atoms with Gasteiger partial charge in [0.25, 0.3) is 0 Å². The van der Waals surface area contributed by atoms with E-state index in [1.807, 2.05) is 25.1 Å². The van der Waals surface area contributed by atoms with Crippen LogP contribution in [0.3, 0.4) is 0 Å². The molecule has 2 nitrogen and oxygen atoms in total. The maximum atomic E-state index is 6.36. The Bertz CT molecular complexity index is 539. The lowest BCUT2D eigenvalue weighted by atomic mass is 10.1. The molecule has 0 aliphatic carbocycles. The van der Waals surface area contributed by atoms with Crippen LogP contribution in [0.4, 0.5) is 0 Å². The maximum absolute atomic E-state index is 6.36. The molecule has 2 unspecified atom stereocenters. The molecular weight excluding hydrogens is 277 g/mol. The molecule has 17 heavy (non-hydrogen) atoms. The van der Waals surface area contributed by atoms with Crippen molar-refractivity contribution in [3.8, 4) is 0 Å². The quantitative estimate of drug-likeness (QED) is 0.917. The molecule has 1 aromatic heterocycles. The average molecular weight is 290 g/mol. The lowest BCUT2D eigenvalue weighted by Gasteiger charge is -2.17. The molecule has 0 aliphatic heterocycles. The van der Waals surface area contributed by atoms with E-state index >= 15 is 0 Å². The number of methoxy groups -OCH3 is 1. The average Bonchev–Trinajstić information content (AvgIpc) is 2.58. The van der Waals surface area contributed by atoms with E-state index in [-0.39, 0.29) is 12.1 Å². The second-order valence-electron chi connectivity index (χ2n) is 3.94. The van der Waals surface area contributed by atoms with Crippen LogP contribution < -0.4 is 5.73 Å². The van der Waals surface area contributed by atoms with Gasteiger partial charge in [-0.25, -0.2) is 0 Å². The SMILES string of the molecule is COC(c1sc2ccc(Cl)cc2c1Cl)C(C)N. The first-order chi connectivity index (χ1) is 8.04. The van der Waals surface area contributed by atoms with Gasteiger partial charge in [-0.05, 0) is 25.1 Å². The van der Waals surface area contributed by atoms with Gasteiger partial charge in [0, 0.05) is 28.3 Å². The summed E-state index contributed by atoms with van der Waals surface area (Å²) < 4.78 is 6.50. The van der Waals surface area contributed by atoms with Gasteiger partial charge >= 0.3 is 0 Å². The Kier molecular flexibility index (Phi) is 3.95. The number of fused-ring (bicyclic) bond motifs is 1. The van der Waals surface area contributed by atoms with Crippen LogP contribution in [0.15, 0.2) is 18.2 Å². The second kappa shape index (κ2) is 5.12. The second-order valence-corrected chi connectivity index (χ2v) is 5.83. The molecule has 1 aromatic carbocycles. The van der Waals surface area contributed by atoms with E-state index in [9.17, 15) is 0 Å². The van der Waals surface area contributed by atoms with Gasteiger partial charge in [-0.15, -0.1) is 11.3 Å². The van der Waals surface area contributed by atoms with Gasteiger partial charge in [0.2, 0.25) is 0 Å². The van der Waals surface area contributed by atoms with Crippen LogP contribution in [0.25, 0.3) is 10.1 Å². The highest BCUT2D eigenvalue weighted by Crippen LogP contribution is 2.41. The lowest BCUT2D eigenvalue weighted by molar-refractivity contribution is 0.0884. The van der Waals surface area contributed by atoms with Gasteiger partial charge in [-0.2, -0.15) is 0 Å². The number of thiophene rings is 1. The Labute approximate surface area is 114 Å². The van der Waals surface area contributed by atoms with E-state index in [4.69, 9.17) is 33.7 Å². The highest BCUT2D eigenvalue weighted by Gasteiger charge is 2.22. The minimum atomic E-state index is -0.182. The fourth-order valence-corrected chi connectivity index (χ4v) is 3.68. The fourth-order valence-electron chi connectivity index (χ4n) is 1.80. The van der Waals surface area contributed by atoms with Gasteiger partial charge in [-0.1, -0.05) is 23.2 Å². The number of rotatable bonds is 3. The summed E-state index contributed by atoms with van der Waals surface area (Å²) in [5.74, 6) is 0. The van der Waals surface area contributed by atoms with E-state index in [0.717, 1.165) is 15.0 Å². The van der Waals surface area contributed by atoms with Gasteiger partial charge in [0.15, 0.2) is 0 Å². The molecule has 0 fully saturated rings. The van der Waals surface area contributed by atoms with E-state index in [1.54, 1.807) is 18.4 Å². The number of hydrogen-bond acceptors (Lipinski definition) is 3. The van der Waals surface area contributed by atoms with E-state index in [0.29, 0.717) is 10.0 Å². The first kappa shape index (κ1) is 13.1. The normalized spacial score (nSPS) is 15.1. The van der Waals surface area contributed by atoms with Gasteiger partial charge in [0.1, 0.15) is 6.10 Å². The number of benzene rings is 1. The van der Waals surface area contributed by atoms with Crippen LogP contribution in [-0.4, -0.2) is 13.2 Å². The predicted molar refractivity (Wildman–Crippen MR) is 75.2 cm³/mol. The maximum Gasteiger partial charge on any atom is 0.108 e. The van der Waals surface area contributed by atoms with Crippen molar-refractivity contribution in [2.24, 2.45) is 5.73 Å². The fraction of sp³-hybridized carbons (Fsp3) is 0.333. The van der Waals surface area contributed by atoms with Crippen LogP contribution >= 0.6 is 34.5 Å². The van der Waals surface area contributed by atoms with Crippen molar-refractivity contribution in [1.29, 1.82) is 0 Å². The van der Waals surface area contributed by atoms with Crippen LogP contribution in [-0.2, 0) is 4.74 Å². The zero-order chi connectivity index (χ0) is 12.6. The highest BCUT2D eigenvalue weighted by atomic mass is 35.5. The number of halogens is 2. The zero-order valence-corrected chi connectivity index (χ0v) is 11.9. The van der Waals surface area contributed by atoms with Gasteiger partial charge in [0.05, 0.1) is 9.90 Å². The molecule has 2 aromatic rings. The van der Waals surface area contributed by atoms with E-state index < -0.39 is 0 Å². The summed E-state index contributed by atoms with van der Waals surface area (Å²) in [5, 5.41) is 2.33. The molecule has 0 amide bonds.